The number of hydrogen-bond acceptors (Lipinski definition) is 6. The van der Waals surface area contributed by atoms with E-state index in [2.05, 4.69) is 77.1 Å². The Balaban J connectivity index is 1.65. The normalized spacial score (nSPS) is 27.0. The Labute approximate surface area is 192 Å². The van der Waals surface area contributed by atoms with Crippen molar-refractivity contribution in [2.24, 2.45) is 23.2 Å². The maximum Gasteiger partial charge on any atom is 0.283 e. The number of carbonyl (C=O) groups excluding carboxylic acids is 1. The molecule has 3 rings (SSSR count). The summed E-state index contributed by atoms with van der Waals surface area (Å²) in [5.41, 5.74) is 7.21. The molecule has 0 aromatic carbocycles. The Morgan fingerprint density at radius 1 is 1.32 bits per heavy atom. The molecule has 4 atom stereocenters. The van der Waals surface area contributed by atoms with Crippen LogP contribution in [0.5, 0.6) is 0 Å². The molecule has 1 saturated carbocycles. The molecule has 0 spiro atoms. The van der Waals surface area contributed by atoms with E-state index < -0.39 is 0 Å². The second-order valence-corrected chi connectivity index (χ2v) is 10.1. The minimum atomic E-state index is -0.326. The third-order valence-electron chi connectivity index (χ3n) is 7.31. The molecular weight excluding hydrogens is 460 g/mol. The number of anilines is 1. The summed E-state index contributed by atoms with van der Waals surface area (Å²) in [6.45, 7) is 11.8. The Bertz CT molecular complexity index is 938. The second-order valence-electron chi connectivity index (χ2n) is 9.31. The summed E-state index contributed by atoms with van der Waals surface area (Å²) in [7, 11) is 0. The molecule has 0 saturated heterocycles. The van der Waals surface area contributed by atoms with Crippen LogP contribution in [0, 0.1) is 23.2 Å². The van der Waals surface area contributed by atoms with Gasteiger partial charge in [-0.1, -0.05) is 34.6 Å². The van der Waals surface area contributed by atoms with Gasteiger partial charge in [0.2, 0.25) is 5.91 Å². The summed E-state index contributed by atoms with van der Waals surface area (Å²) >= 11 is 3.42. The van der Waals surface area contributed by atoms with Crippen LogP contribution in [0.3, 0.4) is 0 Å². The average Bonchev–Trinajstić information content (AvgIpc) is 2.75. The molecule has 9 heteroatoms. The Kier molecular flexibility index (Phi) is 7.13. The third kappa shape index (κ3) is 5.14. The third-order valence-corrected chi connectivity index (χ3v) is 8.07. The van der Waals surface area contributed by atoms with Crippen molar-refractivity contribution in [2.45, 2.75) is 53.6 Å². The average molecular weight is 493 g/mol. The molecule has 1 amide bonds. The van der Waals surface area contributed by atoms with Crippen molar-refractivity contribution in [3.8, 4) is 0 Å². The van der Waals surface area contributed by atoms with E-state index in [-0.39, 0.29) is 29.5 Å². The molecular formula is C22H33BrN6O2. The molecule has 170 valence electrons. The van der Waals surface area contributed by atoms with Gasteiger partial charge in [0.25, 0.3) is 5.56 Å². The van der Waals surface area contributed by atoms with Crippen LogP contribution in [0.1, 0.15) is 41.0 Å². The fourth-order valence-electron chi connectivity index (χ4n) is 4.32. The maximum absolute atomic E-state index is 12.8. The Hall–Kier alpha value is -2.29. The monoisotopic (exact) mass is 492 g/mol. The zero-order chi connectivity index (χ0) is 22.8. The fraction of sp³-hybridized carbons (Fsp3) is 0.591. The largest absolute Gasteiger partial charge is 0.380 e. The standard InChI is InChI=1S/C22H33BrN6O2/c1-13-8-17(14(2)15(3)22(13,4)5)28-18-11-27-29(21(31)20(18)23)12-19(30)24-9-16-6-7-25-26-10-16/h6-7,10-11,13-15,17,25-26,28H,8-9,12H2,1-5H3,(H,24,30)/t13-,14+,15+,17+/m0/s1. The van der Waals surface area contributed by atoms with E-state index in [0.717, 1.165) is 12.0 Å². The van der Waals surface area contributed by atoms with Crippen LogP contribution in [-0.4, -0.2) is 28.3 Å². The maximum atomic E-state index is 12.8. The quantitative estimate of drug-likeness (QED) is 0.487. The zero-order valence-electron chi connectivity index (χ0n) is 18.8. The SMILES string of the molecule is C[C@@H]1[C@@H](C)C(C)(C)[C@@H](C)C[C@H]1Nc1cnn(CC(=O)NCC2=CNNC=C2)c(=O)c1Br. The minimum absolute atomic E-state index is 0.136. The van der Waals surface area contributed by atoms with Crippen molar-refractivity contribution in [2.75, 3.05) is 11.9 Å². The predicted octanol–water partition coefficient (Wildman–Crippen LogP) is 2.75. The van der Waals surface area contributed by atoms with Crippen molar-refractivity contribution in [3.05, 3.63) is 45.1 Å². The lowest BCUT2D eigenvalue weighted by molar-refractivity contribution is -0.121. The van der Waals surface area contributed by atoms with Gasteiger partial charge in [0, 0.05) is 25.0 Å². The molecule has 1 aromatic heterocycles. The molecule has 1 aromatic rings. The van der Waals surface area contributed by atoms with Crippen LogP contribution in [0.25, 0.3) is 0 Å². The first-order chi connectivity index (χ1) is 14.6. The van der Waals surface area contributed by atoms with Crippen molar-refractivity contribution in [1.82, 2.24) is 25.9 Å². The smallest absolute Gasteiger partial charge is 0.283 e. The Morgan fingerprint density at radius 2 is 2.06 bits per heavy atom. The molecule has 1 fully saturated rings. The van der Waals surface area contributed by atoms with Gasteiger partial charge in [0.1, 0.15) is 11.0 Å². The van der Waals surface area contributed by atoms with Crippen molar-refractivity contribution in [1.29, 1.82) is 0 Å². The highest BCUT2D eigenvalue weighted by atomic mass is 79.9. The summed E-state index contributed by atoms with van der Waals surface area (Å²) < 4.78 is 1.58. The van der Waals surface area contributed by atoms with Gasteiger partial charge < -0.3 is 21.5 Å². The second kappa shape index (κ2) is 9.46. The number of carbonyl (C=O) groups is 1. The highest BCUT2D eigenvalue weighted by Crippen LogP contribution is 2.48. The van der Waals surface area contributed by atoms with Gasteiger partial charge in [-0.25, -0.2) is 4.68 Å². The van der Waals surface area contributed by atoms with Gasteiger partial charge in [-0.15, -0.1) is 0 Å². The van der Waals surface area contributed by atoms with Gasteiger partial charge in [-0.2, -0.15) is 5.10 Å². The summed E-state index contributed by atoms with van der Waals surface area (Å²) in [6.07, 6.45) is 8.02. The topological polar surface area (TPSA) is 100 Å². The number of aromatic nitrogens is 2. The van der Waals surface area contributed by atoms with Gasteiger partial charge in [-0.05, 0) is 57.2 Å². The number of nitrogens with zero attached hydrogens (tertiary/aromatic N) is 2. The van der Waals surface area contributed by atoms with Crippen molar-refractivity contribution in [3.63, 3.8) is 0 Å². The van der Waals surface area contributed by atoms with Gasteiger partial charge in [0.15, 0.2) is 0 Å². The van der Waals surface area contributed by atoms with E-state index in [0.29, 0.717) is 34.5 Å². The lowest BCUT2D eigenvalue weighted by Gasteiger charge is -2.50. The number of rotatable bonds is 6. The first-order valence-corrected chi connectivity index (χ1v) is 11.6. The highest BCUT2D eigenvalue weighted by molar-refractivity contribution is 9.10. The summed E-state index contributed by atoms with van der Waals surface area (Å²) in [5, 5.41) is 10.6. The molecule has 1 aliphatic carbocycles. The zero-order valence-corrected chi connectivity index (χ0v) is 20.4. The van der Waals surface area contributed by atoms with Gasteiger partial charge >= 0.3 is 0 Å². The summed E-state index contributed by atoms with van der Waals surface area (Å²) in [5.74, 6) is 1.29. The molecule has 8 nitrogen and oxygen atoms in total. The summed E-state index contributed by atoms with van der Waals surface area (Å²) in [4.78, 5) is 25.0. The van der Waals surface area contributed by atoms with E-state index in [1.165, 1.54) is 4.68 Å². The molecule has 2 heterocycles. The van der Waals surface area contributed by atoms with Gasteiger partial charge in [0.05, 0.1) is 11.9 Å². The van der Waals surface area contributed by atoms with E-state index in [1.54, 1.807) is 18.6 Å². The first kappa shape index (κ1) is 23.4. The van der Waals surface area contributed by atoms with E-state index >= 15 is 0 Å². The fourth-order valence-corrected chi connectivity index (χ4v) is 4.75. The molecule has 31 heavy (non-hydrogen) atoms. The number of amides is 1. The molecule has 0 unspecified atom stereocenters. The number of halogens is 1. The van der Waals surface area contributed by atoms with Crippen LogP contribution in [0.2, 0.25) is 0 Å². The molecule has 2 aliphatic rings. The van der Waals surface area contributed by atoms with Crippen molar-refractivity contribution >= 4 is 27.5 Å². The van der Waals surface area contributed by atoms with Crippen LogP contribution in [0.15, 0.2) is 39.5 Å². The lowest BCUT2D eigenvalue weighted by Crippen LogP contribution is -2.48. The summed E-state index contributed by atoms with van der Waals surface area (Å²) in [6, 6.07) is 0.259. The van der Waals surface area contributed by atoms with Crippen LogP contribution >= 0.6 is 15.9 Å². The molecule has 4 N–H and O–H groups in total. The lowest BCUT2D eigenvalue weighted by atomic mass is 9.58. The van der Waals surface area contributed by atoms with E-state index in [1.807, 2.05) is 6.08 Å². The number of hydrazine groups is 1. The van der Waals surface area contributed by atoms with E-state index in [9.17, 15) is 9.59 Å². The van der Waals surface area contributed by atoms with Crippen LogP contribution in [-0.2, 0) is 11.3 Å². The highest BCUT2D eigenvalue weighted by Gasteiger charge is 2.43. The number of hydrogen-bond donors (Lipinski definition) is 4. The van der Waals surface area contributed by atoms with Gasteiger partial charge in [-0.3, -0.25) is 9.59 Å². The predicted molar refractivity (Wildman–Crippen MR) is 126 cm³/mol. The Morgan fingerprint density at radius 3 is 2.74 bits per heavy atom. The van der Waals surface area contributed by atoms with Crippen LogP contribution < -0.4 is 27.0 Å². The molecule has 0 radical (unpaired) electrons. The van der Waals surface area contributed by atoms with Crippen LogP contribution in [0.4, 0.5) is 5.69 Å². The first-order valence-electron chi connectivity index (χ1n) is 10.8. The molecule has 0 bridgehead atoms. The minimum Gasteiger partial charge on any atom is -0.380 e. The number of nitrogens with one attached hydrogen (secondary N) is 4. The van der Waals surface area contributed by atoms with E-state index in [4.69, 9.17) is 0 Å². The molecule has 1 aliphatic heterocycles. The van der Waals surface area contributed by atoms with Crippen molar-refractivity contribution < 1.29 is 4.79 Å².